The van der Waals surface area contributed by atoms with Gasteiger partial charge in [-0.1, -0.05) is 0 Å². The molecule has 26 heavy (non-hydrogen) atoms. The van der Waals surface area contributed by atoms with Crippen molar-refractivity contribution in [2.24, 2.45) is 0 Å². The molecule has 8 nitrogen and oxygen atoms in total. The van der Waals surface area contributed by atoms with E-state index < -0.39 is 23.1 Å². The van der Waals surface area contributed by atoms with E-state index in [1.54, 1.807) is 0 Å². The summed E-state index contributed by atoms with van der Waals surface area (Å²) in [5, 5.41) is 40.2. The van der Waals surface area contributed by atoms with Crippen molar-refractivity contribution in [3.8, 4) is 0 Å². The van der Waals surface area contributed by atoms with Gasteiger partial charge in [-0.2, -0.15) is 0 Å². The molecule has 0 spiro atoms. The van der Waals surface area contributed by atoms with Crippen molar-refractivity contribution in [2.75, 3.05) is 0 Å². The number of hydrogen-bond acceptors (Lipinski definition) is 6. The second kappa shape index (κ2) is 6.17. The summed E-state index contributed by atoms with van der Waals surface area (Å²) in [7, 11) is 0. The maximum Gasteiger partial charge on any atom is 0.337 e. The molecular weight excluding hydrogens is 340 g/mol. The van der Waals surface area contributed by atoms with Crippen LogP contribution in [0.3, 0.4) is 0 Å². The fourth-order valence-corrected chi connectivity index (χ4v) is 2.81. The minimum Gasteiger partial charge on any atom is -0.478 e. The quantitative estimate of drug-likeness (QED) is 0.598. The molecule has 2 aromatic heterocycles. The van der Waals surface area contributed by atoms with Gasteiger partial charge in [0.05, 0.1) is 11.1 Å². The Bertz CT molecular complexity index is 861. The van der Waals surface area contributed by atoms with Crippen LogP contribution in [0, 0.1) is 0 Å². The third-order valence-corrected chi connectivity index (χ3v) is 4.15. The van der Waals surface area contributed by atoms with Crippen molar-refractivity contribution in [3.05, 3.63) is 83.5 Å². The fourth-order valence-electron chi connectivity index (χ4n) is 2.81. The molecule has 132 valence electrons. The van der Waals surface area contributed by atoms with E-state index in [0.717, 1.165) is 12.4 Å². The van der Waals surface area contributed by atoms with Crippen LogP contribution in [0.25, 0.3) is 0 Å². The molecule has 4 N–H and O–H groups in total. The number of rotatable bonds is 4. The van der Waals surface area contributed by atoms with Gasteiger partial charge in [0.25, 0.3) is 0 Å². The second-order valence-corrected chi connectivity index (χ2v) is 5.77. The lowest BCUT2D eigenvalue weighted by Gasteiger charge is -2.32. The number of nitrogens with zero attached hydrogens (tertiary/aromatic N) is 2. The Kier molecular flexibility index (Phi) is 4.15. The highest BCUT2D eigenvalue weighted by atomic mass is 16.4. The molecule has 0 bridgehead atoms. The summed E-state index contributed by atoms with van der Waals surface area (Å²) >= 11 is 0. The van der Waals surface area contributed by atoms with Crippen molar-refractivity contribution in [1.82, 2.24) is 9.97 Å². The maximum atomic E-state index is 11.4. The normalized spacial score (nSPS) is 24.4. The topological polar surface area (TPSA) is 141 Å². The maximum absolute atomic E-state index is 11.4. The van der Waals surface area contributed by atoms with Gasteiger partial charge in [0.1, 0.15) is 11.2 Å². The van der Waals surface area contributed by atoms with Crippen LogP contribution < -0.4 is 0 Å². The first-order valence-corrected chi connectivity index (χ1v) is 7.48. The van der Waals surface area contributed by atoms with Gasteiger partial charge in [-0.05, 0) is 36.4 Å². The van der Waals surface area contributed by atoms with Gasteiger partial charge < -0.3 is 20.4 Å². The molecule has 0 saturated carbocycles. The Morgan fingerprint density at radius 2 is 1.08 bits per heavy atom. The van der Waals surface area contributed by atoms with E-state index >= 15 is 0 Å². The van der Waals surface area contributed by atoms with E-state index in [-0.39, 0.29) is 22.3 Å². The van der Waals surface area contributed by atoms with Crippen molar-refractivity contribution in [1.29, 1.82) is 0 Å². The molecule has 2 heterocycles. The molecule has 0 amide bonds. The zero-order chi connectivity index (χ0) is 18.9. The number of hydrogen-bond donors (Lipinski definition) is 4. The van der Waals surface area contributed by atoms with Gasteiger partial charge in [0, 0.05) is 35.9 Å². The summed E-state index contributed by atoms with van der Waals surface area (Å²) in [5.41, 5.74) is -3.82. The molecule has 0 aromatic carbocycles. The van der Waals surface area contributed by atoms with Crippen LogP contribution in [0.15, 0.2) is 61.2 Å². The minimum atomic E-state index is -1.79. The summed E-state index contributed by atoms with van der Waals surface area (Å²) in [5.74, 6) is -2.52. The third kappa shape index (κ3) is 2.87. The first-order valence-electron chi connectivity index (χ1n) is 7.48. The highest BCUT2D eigenvalue weighted by molar-refractivity contribution is 5.90. The van der Waals surface area contributed by atoms with Crippen LogP contribution >= 0.6 is 0 Å². The van der Waals surface area contributed by atoms with Crippen LogP contribution in [-0.4, -0.2) is 42.3 Å². The van der Waals surface area contributed by atoms with Crippen LogP contribution in [0.4, 0.5) is 0 Å². The number of aromatic carboxylic acids is 2. The first-order chi connectivity index (χ1) is 12.3. The Morgan fingerprint density at radius 3 is 1.38 bits per heavy atom. The van der Waals surface area contributed by atoms with Crippen LogP contribution in [0.5, 0.6) is 0 Å². The summed E-state index contributed by atoms with van der Waals surface area (Å²) in [4.78, 5) is 30.2. The summed E-state index contributed by atoms with van der Waals surface area (Å²) in [6.07, 6.45) is 9.75. The zero-order valence-electron chi connectivity index (χ0n) is 13.3. The van der Waals surface area contributed by atoms with Gasteiger partial charge in [-0.3, -0.25) is 9.97 Å². The van der Waals surface area contributed by atoms with Crippen LogP contribution in [0.2, 0.25) is 0 Å². The summed E-state index contributed by atoms with van der Waals surface area (Å²) in [6, 6.07) is 2.72. The molecule has 8 heteroatoms. The van der Waals surface area contributed by atoms with E-state index in [4.69, 9.17) is 0 Å². The van der Waals surface area contributed by atoms with Gasteiger partial charge in [0.2, 0.25) is 0 Å². The molecule has 3 rings (SSSR count). The number of aliphatic hydroxyl groups is 2. The predicted molar refractivity (Wildman–Crippen MR) is 88.5 cm³/mol. The van der Waals surface area contributed by atoms with Gasteiger partial charge >= 0.3 is 11.9 Å². The summed E-state index contributed by atoms with van der Waals surface area (Å²) < 4.78 is 0. The SMILES string of the molecule is O=C(O)c1cnccc1C1(O)C=CC(O)(c2ccncc2C(=O)O)C=C1. The van der Waals surface area contributed by atoms with E-state index in [1.807, 2.05) is 0 Å². The van der Waals surface area contributed by atoms with Crippen molar-refractivity contribution in [3.63, 3.8) is 0 Å². The smallest absolute Gasteiger partial charge is 0.337 e. The molecule has 2 aromatic rings. The number of aromatic nitrogens is 2. The van der Waals surface area contributed by atoms with Gasteiger partial charge in [-0.25, -0.2) is 9.59 Å². The molecule has 1 aliphatic carbocycles. The largest absolute Gasteiger partial charge is 0.478 e. The molecule has 0 saturated heterocycles. The van der Waals surface area contributed by atoms with Crippen molar-refractivity contribution >= 4 is 11.9 Å². The van der Waals surface area contributed by atoms with Crippen LogP contribution in [0.1, 0.15) is 31.8 Å². The standard InChI is InChI=1S/C18H14N2O6/c21-15(22)11-9-19-7-1-13(11)17(25)3-5-18(26,6-4-17)14-2-8-20-10-12(14)16(23)24/h1-10,25-26H,(H,21,22)(H,23,24). The summed E-state index contributed by atoms with van der Waals surface area (Å²) in [6.45, 7) is 0. The Morgan fingerprint density at radius 1 is 0.731 bits per heavy atom. The van der Waals surface area contributed by atoms with E-state index in [9.17, 15) is 30.0 Å². The number of carboxylic acids is 2. The fraction of sp³-hybridized carbons (Fsp3) is 0.111. The molecule has 0 radical (unpaired) electrons. The highest BCUT2D eigenvalue weighted by Crippen LogP contribution is 2.37. The first kappa shape index (κ1) is 17.5. The molecule has 0 atom stereocenters. The number of carboxylic acid groups (broad SMARTS) is 2. The minimum absolute atomic E-state index is 0.0720. The highest BCUT2D eigenvalue weighted by Gasteiger charge is 2.37. The average molecular weight is 354 g/mol. The molecular formula is C18H14N2O6. The van der Waals surface area contributed by atoms with Crippen molar-refractivity contribution < 1.29 is 30.0 Å². The van der Waals surface area contributed by atoms with E-state index in [2.05, 4.69) is 9.97 Å². The molecule has 1 aliphatic rings. The van der Waals surface area contributed by atoms with Gasteiger partial charge in [-0.15, -0.1) is 0 Å². The predicted octanol–water partition coefficient (Wildman–Crippen LogP) is 1.07. The molecule has 0 fully saturated rings. The average Bonchev–Trinajstić information content (AvgIpc) is 2.64. The Balaban J connectivity index is 2.05. The molecule has 0 unspecified atom stereocenters. The lowest BCUT2D eigenvalue weighted by molar-refractivity contribution is 0.0663. The lowest BCUT2D eigenvalue weighted by Crippen LogP contribution is -2.32. The lowest BCUT2D eigenvalue weighted by atomic mass is 9.80. The van der Waals surface area contributed by atoms with Gasteiger partial charge in [0.15, 0.2) is 0 Å². The second-order valence-electron chi connectivity index (χ2n) is 5.77. The monoisotopic (exact) mass is 354 g/mol. The molecule has 0 aliphatic heterocycles. The third-order valence-electron chi connectivity index (χ3n) is 4.15. The zero-order valence-corrected chi connectivity index (χ0v) is 13.3. The Labute approximate surface area is 147 Å². The number of pyridine rings is 2. The Hall–Kier alpha value is -3.36. The van der Waals surface area contributed by atoms with Crippen molar-refractivity contribution in [2.45, 2.75) is 11.2 Å². The van der Waals surface area contributed by atoms with E-state index in [1.165, 1.54) is 48.8 Å². The van der Waals surface area contributed by atoms with E-state index in [0.29, 0.717) is 0 Å². The van der Waals surface area contributed by atoms with Crippen LogP contribution in [-0.2, 0) is 11.2 Å². The number of carbonyl (C=O) groups is 2.